The zero-order chi connectivity index (χ0) is 13.7. The van der Waals surface area contributed by atoms with Gasteiger partial charge in [0.1, 0.15) is 0 Å². The molecule has 2 rings (SSSR count). The van der Waals surface area contributed by atoms with Gasteiger partial charge in [0, 0.05) is 30.4 Å². The first-order valence-electron chi connectivity index (χ1n) is 6.71. The van der Waals surface area contributed by atoms with E-state index in [1.54, 1.807) is 0 Å². The third-order valence-corrected chi connectivity index (χ3v) is 3.68. The normalized spacial score (nSPS) is 16.2. The van der Waals surface area contributed by atoms with Crippen LogP contribution in [0.5, 0.6) is 0 Å². The number of hydrogen-bond acceptors (Lipinski definition) is 4. The Kier molecular flexibility index (Phi) is 4.63. The molecule has 0 aromatic heterocycles. The van der Waals surface area contributed by atoms with E-state index in [4.69, 9.17) is 16.0 Å². The van der Waals surface area contributed by atoms with Gasteiger partial charge in [-0.3, -0.25) is 0 Å². The van der Waals surface area contributed by atoms with Crippen molar-refractivity contribution in [2.24, 2.45) is 10.9 Å². The van der Waals surface area contributed by atoms with E-state index in [9.17, 15) is 0 Å². The molecule has 104 valence electrons. The van der Waals surface area contributed by atoms with E-state index >= 15 is 0 Å². The molecule has 1 aliphatic rings. The summed E-state index contributed by atoms with van der Waals surface area (Å²) >= 11 is 0. The number of oxime groups is 1. The summed E-state index contributed by atoms with van der Waals surface area (Å²) in [7, 11) is 0. The molecular weight excluding hydrogens is 242 g/mol. The van der Waals surface area contributed by atoms with Gasteiger partial charge in [0.05, 0.1) is 0 Å². The first-order valence-corrected chi connectivity index (χ1v) is 6.71. The molecule has 0 bridgehead atoms. The maximum Gasteiger partial charge on any atom is 0.170 e. The molecule has 0 heterocycles. The van der Waals surface area contributed by atoms with Gasteiger partial charge < -0.3 is 20.9 Å². The molecule has 0 aliphatic heterocycles. The molecule has 4 N–H and O–H groups in total. The summed E-state index contributed by atoms with van der Waals surface area (Å²) in [6.07, 6.45) is 4.49. The van der Waals surface area contributed by atoms with Crippen LogP contribution in [0, 0.1) is 0 Å². The number of hydrogen-bond donors (Lipinski definition) is 3. The molecule has 0 unspecified atom stereocenters. The van der Waals surface area contributed by atoms with Crippen molar-refractivity contribution in [3.05, 3.63) is 29.8 Å². The highest BCUT2D eigenvalue weighted by Crippen LogP contribution is 2.29. The summed E-state index contributed by atoms with van der Waals surface area (Å²) in [5.74, 6) is 0.122. The van der Waals surface area contributed by atoms with Gasteiger partial charge in [0.25, 0.3) is 0 Å². The highest BCUT2D eigenvalue weighted by molar-refractivity contribution is 5.97. The quantitative estimate of drug-likeness (QED) is 0.314. The lowest BCUT2D eigenvalue weighted by atomic mass is 9.91. The van der Waals surface area contributed by atoms with Gasteiger partial charge in [0.15, 0.2) is 5.84 Å². The lowest BCUT2D eigenvalue weighted by molar-refractivity contribution is 0.283. The van der Waals surface area contributed by atoms with Gasteiger partial charge in [0.2, 0.25) is 0 Å². The van der Waals surface area contributed by atoms with E-state index in [-0.39, 0.29) is 12.4 Å². The maximum atomic E-state index is 9.00. The van der Waals surface area contributed by atoms with Crippen LogP contribution in [0.4, 0.5) is 5.69 Å². The summed E-state index contributed by atoms with van der Waals surface area (Å²) in [5.41, 5.74) is 7.39. The molecule has 19 heavy (non-hydrogen) atoms. The van der Waals surface area contributed by atoms with Crippen LogP contribution in [0.15, 0.2) is 29.4 Å². The van der Waals surface area contributed by atoms with Crippen LogP contribution in [0.2, 0.25) is 0 Å². The van der Waals surface area contributed by atoms with Crippen LogP contribution >= 0.6 is 0 Å². The van der Waals surface area contributed by atoms with Gasteiger partial charge in [-0.05, 0) is 49.9 Å². The van der Waals surface area contributed by atoms with Crippen LogP contribution in [0.1, 0.15) is 31.2 Å². The van der Waals surface area contributed by atoms with Crippen molar-refractivity contribution in [1.82, 2.24) is 0 Å². The number of anilines is 1. The zero-order valence-corrected chi connectivity index (χ0v) is 11.0. The number of benzene rings is 1. The second-order valence-electron chi connectivity index (χ2n) is 4.89. The Hall–Kier alpha value is -1.75. The minimum absolute atomic E-state index is 0.122. The number of amidine groups is 1. The topological polar surface area (TPSA) is 82.1 Å². The molecule has 5 nitrogen and oxygen atoms in total. The molecular formula is C14H21N3O2. The van der Waals surface area contributed by atoms with Gasteiger partial charge in [-0.1, -0.05) is 5.16 Å². The summed E-state index contributed by atoms with van der Waals surface area (Å²) in [6.45, 7) is 1.08. The van der Waals surface area contributed by atoms with Crippen molar-refractivity contribution in [3.8, 4) is 0 Å². The molecule has 1 aliphatic carbocycles. The molecule has 5 heteroatoms. The monoisotopic (exact) mass is 263 g/mol. The Morgan fingerprint density at radius 1 is 1.32 bits per heavy atom. The summed E-state index contributed by atoms with van der Waals surface area (Å²) in [4.78, 5) is 2.34. The predicted octanol–water partition coefficient (Wildman–Crippen LogP) is 1.52. The molecule has 0 amide bonds. The van der Waals surface area contributed by atoms with E-state index < -0.39 is 0 Å². The summed E-state index contributed by atoms with van der Waals surface area (Å²) < 4.78 is 0. The first kappa shape index (κ1) is 13.7. The standard InChI is InChI=1S/C14H21N3O2/c15-14(16-19)11-5-7-13(8-6-11)17(9-2-10-18)12-3-1-4-12/h5-8,12,18-19H,1-4,9-10H2,(H2,15,16). The predicted molar refractivity (Wildman–Crippen MR) is 75.6 cm³/mol. The van der Waals surface area contributed by atoms with E-state index in [0.29, 0.717) is 11.6 Å². The number of nitrogens with two attached hydrogens (primary N) is 1. The molecule has 1 aromatic rings. The fraction of sp³-hybridized carbons (Fsp3) is 0.500. The fourth-order valence-electron chi connectivity index (χ4n) is 2.34. The van der Waals surface area contributed by atoms with Crippen molar-refractivity contribution >= 4 is 11.5 Å². The number of nitrogens with zero attached hydrogens (tertiary/aromatic N) is 2. The third-order valence-electron chi connectivity index (χ3n) is 3.68. The molecule has 0 atom stereocenters. The number of aliphatic hydroxyl groups is 1. The second-order valence-corrected chi connectivity index (χ2v) is 4.89. The van der Waals surface area contributed by atoms with E-state index in [0.717, 1.165) is 18.7 Å². The zero-order valence-electron chi connectivity index (χ0n) is 11.0. The largest absolute Gasteiger partial charge is 0.409 e. The van der Waals surface area contributed by atoms with Crippen molar-refractivity contribution in [3.63, 3.8) is 0 Å². The third kappa shape index (κ3) is 3.17. The molecule has 0 radical (unpaired) electrons. The van der Waals surface area contributed by atoms with E-state index in [1.165, 1.54) is 19.3 Å². The van der Waals surface area contributed by atoms with E-state index in [2.05, 4.69) is 10.1 Å². The molecule has 1 aromatic carbocycles. The SMILES string of the molecule is N/C(=N/O)c1ccc(N(CCCO)C2CCC2)cc1. The first-order chi connectivity index (χ1) is 9.26. The minimum Gasteiger partial charge on any atom is -0.409 e. The molecule has 0 spiro atoms. The van der Waals surface area contributed by atoms with Crippen molar-refractivity contribution in [2.75, 3.05) is 18.1 Å². The smallest absolute Gasteiger partial charge is 0.170 e. The summed E-state index contributed by atoms with van der Waals surface area (Å²) in [6, 6.07) is 8.28. The highest BCUT2D eigenvalue weighted by atomic mass is 16.4. The lowest BCUT2D eigenvalue weighted by Gasteiger charge is -2.39. The van der Waals surface area contributed by atoms with Gasteiger partial charge in [-0.2, -0.15) is 0 Å². The average molecular weight is 263 g/mol. The number of rotatable bonds is 6. The molecule has 1 fully saturated rings. The Balaban J connectivity index is 2.12. The van der Waals surface area contributed by atoms with Crippen LogP contribution in [-0.2, 0) is 0 Å². The van der Waals surface area contributed by atoms with Gasteiger partial charge in [-0.15, -0.1) is 0 Å². The van der Waals surface area contributed by atoms with Crippen LogP contribution in [0.3, 0.4) is 0 Å². The fourth-order valence-corrected chi connectivity index (χ4v) is 2.34. The highest BCUT2D eigenvalue weighted by Gasteiger charge is 2.24. The van der Waals surface area contributed by atoms with Crippen molar-refractivity contribution in [1.29, 1.82) is 0 Å². The molecule has 1 saturated carbocycles. The maximum absolute atomic E-state index is 9.00. The van der Waals surface area contributed by atoms with Crippen molar-refractivity contribution in [2.45, 2.75) is 31.7 Å². The second kappa shape index (κ2) is 6.43. The van der Waals surface area contributed by atoms with Gasteiger partial charge in [-0.25, -0.2) is 0 Å². The van der Waals surface area contributed by atoms with Gasteiger partial charge >= 0.3 is 0 Å². The number of aliphatic hydroxyl groups excluding tert-OH is 1. The van der Waals surface area contributed by atoms with Crippen LogP contribution in [0.25, 0.3) is 0 Å². The van der Waals surface area contributed by atoms with Crippen LogP contribution in [-0.4, -0.2) is 35.3 Å². The van der Waals surface area contributed by atoms with Crippen molar-refractivity contribution < 1.29 is 10.3 Å². The molecule has 0 saturated heterocycles. The Morgan fingerprint density at radius 2 is 2.00 bits per heavy atom. The lowest BCUT2D eigenvalue weighted by Crippen LogP contribution is -2.41. The summed E-state index contributed by atoms with van der Waals surface area (Å²) in [5, 5.41) is 20.6. The van der Waals surface area contributed by atoms with E-state index in [1.807, 2.05) is 24.3 Å². The Morgan fingerprint density at radius 3 is 2.47 bits per heavy atom. The Labute approximate surface area is 113 Å². The van der Waals surface area contributed by atoms with Crippen LogP contribution < -0.4 is 10.6 Å². The Bertz CT molecular complexity index is 427. The average Bonchev–Trinajstić information content (AvgIpc) is 2.40. The minimum atomic E-state index is 0.122.